The molecule has 1 aromatic heterocycles. The van der Waals surface area contributed by atoms with E-state index in [2.05, 4.69) is 0 Å². The van der Waals surface area contributed by atoms with Crippen molar-refractivity contribution in [1.82, 2.24) is 4.90 Å². The van der Waals surface area contributed by atoms with Crippen molar-refractivity contribution in [3.8, 4) is 0 Å². The van der Waals surface area contributed by atoms with Gasteiger partial charge in [0.05, 0.1) is 16.4 Å². The number of halogens is 2. The number of Topliss-reactive ketones (excluding diaryl/α,β-unsaturated/α-hetero) is 1. The van der Waals surface area contributed by atoms with E-state index in [-0.39, 0.29) is 31.0 Å². The molecule has 0 bridgehead atoms. The summed E-state index contributed by atoms with van der Waals surface area (Å²) in [7, 11) is 0. The second-order valence-corrected chi connectivity index (χ2v) is 8.83. The van der Waals surface area contributed by atoms with E-state index in [1.54, 1.807) is 0 Å². The Kier molecular flexibility index (Phi) is 6.32. The molecule has 0 N–H and O–H groups in total. The fourth-order valence-corrected chi connectivity index (χ4v) is 5.05. The van der Waals surface area contributed by atoms with Crippen LogP contribution in [-0.2, 0) is 9.53 Å². The Bertz CT molecular complexity index is 1200. The van der Waals surface area contributed by atoms with Crippen molar-refractivity contribution < 1.29 is 27.9 Å². The molecule has 0 unspecified atom stereocenters. The lowest BCUT2D eigenvalue weighted by Gasteiger charge is -2.31. The van der Waals surface area contributed by atoms with E-state index in [0.29, 0.717) is 23.8 Å². The molecule has 1 saturated heterocycles. The quantitative estimate of drug-likeness (QED) is 0.409. The third-order valence-electron chi connectivity index (χ3n) is 5.72. The number of aryl methyl sites for hydroxylation is 1. The summed E-state index contributed by atoms with van der Waals surface area (Å²) in [6.45, 7) is 2.05. The summed E-state index contributed by atoms with van der Waals surface area (Å²) in [4.78, 5) is 39.6. The molecule has 0 saturated carbocycles. The first kappa shape index (κ1) is 22.1. The van der Waals surface area contributed by atoms with Gasteiger partial charge in [-0.05, 0) is 48.9 Å². The van der Waals surface area contributed by atoms with Crippen LogP contribution in [0.2, 0.25) is 0 Å². The molecule has 0 aliphatic carbocycles. The molecule has 8 heteroatoms. The van der Waals surface area contributed by atoms with E-state index in [9.17, 15) is 23.2 Å². The number of nitrogens with zero attached hydrogens (tertiary/aromatic N) is 1. The van der Waals surface area contributed by atoms with E-state index < -0.39 is 29.4 Å². The molecule has 0 radical (unpaired) electrons. The number of fused-ring (bicyclic) bond motifs is 1. The predicted octanol–water partition coefficient (Wildman–Crippen LogP) is 4.77. The van der Waals surface area contributed by atoms with Crippen molar-refractivity contribution in [3.63, 3.8) is 0 Å². The first-order valence-corrected chi connectivity index (χ1v) is 11.1. The average molecular weight is 457 g/mol. The Morgan fingerprint density at radius 2 is 1.81 bits per heavy atom. The number of rotatable bonds is 5. The minimum absolute atomic E-state index is 0.197. The summed E-state index contributed by atoms with van der Waals surface area (Å²) in [5.74, 6) is -3.35. The van der Waals surface area contributed by atoms with Crippen LogP contribution >= 0.6 is 11.3 Å². The summed E-state index contributed by atoms with van der Waals surface area (Å²) < 4.78 is 33.2. The second kappa shape index (κ2) is 9.16. The SMILES string of the molecule is Cc1c(C(=O)COC(=O)C2CCN(C(=O)c3ccc(F)cc3F)CC2)sc2ccccc12. The van der Waals surface area contributed by atoms with Crippen LogP contribution in [0.1, 0.15) is 38.4 Å². The van der Waals surface area contributed by atoms with Crippen molar-refractivity contribution in [1.29, 1.82) is 0 Å². The maximum absolute atomic E-state index is 13.9. The Morgan fingerprint density at radius 1 is 1.09 bits per heavy atom. The number of ether oxygens (including phenoxy) is 1. The van der Waals surface area contributed by atoms with Crippen molar-refractivity contribution in [2.75, 3.05) is 19.7 Å². The highest BCUT2D eigenvalue weighted by Gasteiger charge is 2.30. The van der Waals surface area contributed by atoms with Gasteiger partial charge in [-0.25, -0.2) is 8.78 Å². The largest absolute Gasteiger partial charge is 0.457 e. The van der Waals surface area contributed by atoms with Crippen LogP contribution in [0.15, 0.2) is 42.5 Å². The van der Waals surface area contributed by atoms with Crippen LogP contribution in [0.3, 0.4) is 0 Å². The minimum Gasteiger partial charge on any atom is -0.457 e. The molecule has 2 aromatic carbocycles. The lowest BCUT2D eigenvalue weighted by Crippen LogP contribution is -2.41. The molecular formula is C24H21F2NO4S. The molecule has 1 aliphatic rings. The van der Waals surface area contributed by atoms with Crippen molar-refractivity contribution in [3.05, 3.63) is 70.1 Å². The van der Waals surface area contributed by atoms with Crippen LogP contribution in [0.25, 0.3) is 10.1 Å². The Hall–Kier alpha value is -3.13. The third kappa shape index (κ3) is 4.41. The number of carbonyl (C=O) groups excluding carboxylic acids is 3. The van der Waals surface area contributed by atoms with Gasteiger partial charge in [0.1, 0.15) is 11.6 Å². The molecule has 3 aromatic rings. The third-order valence-corrected chi connectivity index (χ3v) is 7.03. The van der Waals surface area contributed by atoms with E-state index in [1.165, 1.54) is 16.2 Å². The molecule has 5 nitrogen and oxygen atoms in total. The summed E-state index contributed by atoms with van der Waals surface area (Å²) in [6, 6.07) is 10.6. The predicted molar refractivity (Wildman–Crippen MR) is 117 cm³/mol. The van der Waals surface area contributed by atoms with Crippen LogP contribution in [-0.4, -0.2) is 42.3 Å². The number of likely N-dealkylation sites (tertiary alicyclic amines) is 1. The van der Waals surface area contributed by atoms with Crippen LogP contribution in [0, 0.1) is 24.5 Å². The summed E-state index contributed by atoms with van der Waals surface area (Å²) in [5, 5.41) is 1.02. The number of piperidine rings is 1. The van der Waals surface area contributed by atoms with Gasteiger partial charge in [0.25, 0.3) is 5.91 Å². The minimum atomic E-state index is -0.911. The highest BCUT2D eigenvalue weighted by atomic mass is 32.1. The molecule has 2 heterocycles. The highest BCUT2D eigenvalue weighted by Crippen LogP contribution is 2.31. The molecule has 32 heavy (non-hydrogen) atoms. The number of esters is 1. The summed E-state index contributed by atoms with van der Waals surface area (Å²) in [6.07, 6.45) is 0.701. The fraction of sp³-hybridized carbons (Fsp3) is 0.292. The van der Waals surface area contributed by atoms with Gasteiger partial charge in [0.15, 0.2) is 6.61 Å². The van der Waals surface area contributed by atoms with Crippen molar-refractivity contribution >= 4 is 39.1 Å². The number of thiophene rings is 1. The maximum Gasteiger partial charge on any atom is 0.309 e. The highest BCUT2D eigenvalue weighted by molar-refractivity contribution is 7.21. The Labute approximate surface area is 187 Å². The first-order valence-electron chi connectivity index (χ1n) is 10.3. The number of ketones is 1. The molecule has 166 valence electrons. The molecular weight excluding hydrogens is 436 g/mol. The van der Waals surface area contributed by atoms with Gasteiger partial charge in [0.2, 0.25) is 5.78 Å². The standard InChI is InChI=1S/C24H21F2NO4S/c1-14-17-4-2-3-5-21(17)32-22(14)20(28)13-31-24(30)15-8-10-27(11-9-15)23(29)18-7-6-16(25)12-19(18)26/h2-7,12,15H,8-11,13H2,1H3. The molecule has 0 spiro atoms. The molecule has 1 amide bonds. The lowest BCUT2D eigenvalue weighted by atomic mass is 9.96. The number of hydrogen-bond acceptors (Lipinski definition) is 5. The van der Waals surface area contributed by atoms with Gasteiger partial charge < -0.3 is 9.64 Å². The monoisotopic (exact) mass is 457 g/mol. The number of hydrogen-bond donors (Lipinski definition) is 0. The van der Waals surface area contributed by atoms with Gasteiger partial charge in [-0.15, -0.1) is 11.3 Å². The summed E-state index contributed by atoms with van der Waals surface area (Å²) in [5.41, 5.74) is 0.684. The van der Waals surface area contributed by atoms with Gasteiger partial charge in [0, 0.05) is 23.9 Å². The molecule has 0 atom stereocenters. The molecule has 1 fully saturated rings. The van der Waals surface area contributed by atoms with Gasteiger partial charge in [-0.3, -0.25) is 14.4 Å². The van der Waals surface area contributed by atoms with Gasteiger partial charge >= 0.3 is 5.97 Å². The zero-order chi connectivity index (χ0) is 22.8. The molecule has 4 rings (SSSR count). The molecule has 1 aliphatic heterocycles. The van der Waals surface area contributed by atoms with E-state index in [4.69, 9.17) is 4.74 Å². The Balaban J connectivity index is 1.31. The van der Waals surface area contributed by atoms with Crippen molar-refractivity contribution in [2.24, 2.45) is 5.92 Å². The zero-order valence-electron chi connectivity index (χ0n) is 17.4. The number of carbonyl (C=O) groups is 3. The fourth-order valence-electron chi connectivity index (χ4n) is 3.91. The van der Waals surface area contributed by atoms with Crippen LogP contribution in [0.5, 0.6) is 0 Å². The topological polar surface area (TPSA) is 63.7 Å². The smallest absolute Gasteiger partial charge is 0.309 e. The second-order valence-electron chi connectivity index (χ2n) is 7.77. The zero-order valence-corrected chi connectivity index (χ0v) is 18.2. The van der Waals surface area contributed by atoms with Crippen molar-refractivity contribution in [2.45, 2.75) is 19.8 Å². The van der Waals surface area contributed by atoms with E-state index in [1.807, 2.05) is 31.2 Å². The number of amides is 1. The van der Waals surface area contributed by atoms with Gasteiger partial charge in [-0.2, -0.15) is 0 Å². The van der Waals surface area contributed by atoms with E-state index in [0.717, 1.165) is 27.8 Å². The van der Waals surface area contributed by atoms with Crippen LogP contribution < -0.4 is 0 Å². The number of benzene rings is 2. The lowest BCUT2D eigenvalue weighted by molar-refractivity contribution is -0.148. The normalized spacial score (nSPS) is 14.5. The first-order chi connectivity index (χ1) is 15.3. The van der Waals surface area contributed by atoms with E-state index >= 15 is 0 Å². The summed E-state index contributed by atoms with van der Waals surface area (Å²) >= 11 is 1.38. The van der Waals surface area contributed by atoms with Crippen LogP contribution in [0.4, 0.5) is 8.78 Å². The average Bonchev–Trinajstić information content (AvgIpc) is 3.14. The van der Waals surface area contributed by atoms with Gasteiger partial charge in [-0.1, -0.05) is 18.2 Å². The maximum atomic E-state index is 13.9. The Morgan fingerprint density at radius 3 is 2.50 bits per heavy atom.